The molecule has 2 N–H and O–H groups in total. The smallest absolute Gasteiger partial charge is 0.322 e. The number of hydrogen-bond donors (Lipinski definition) is 2. The Morgan fingerprint density at radius 2 is 1.14 bits per heavy atom. The van der Waals surface area contributed by atoms with Crippen molar-refractivity contribution in [2.75, 3.05) is 10.6 Å². The van der Waals surface area contributed by atoms with Crippen molar-refractivity contribution >= 4 is 23.2 Å². The normalized spacial score (nSPS) is 11.0. The maximum atomic E-state index is 12.6. The molecular formula is C21H15F3N2O2. The van der Waals surface area contributed by atoms with Crippen LogP contribution in [0.2, 0.25) is 0 Å². The molecule has 0 fully saturated rings. The fourth-order valence-electron chi connectivity index (χ4n) is 2.48. The van der Waals surface area contributed by atoms with Gasteiger partial charge < -0.3 is 10.6 Å². The van der Waals surface area contributed by atoms with Crippen molar-refractivity contribution in [3.8, 4) is 0 Å². The molecule has 3 aromatic carbocycles. The topological polar surface area (TPSA) is 58.2 Å². The maximum absolute atomic E-state index is 12.6. The lowest BCUT2D eigenvalue weighted by molar-refractivity contribution is -0.137. The summed E-state index contributed by atoms with van der Waals surface area (Å²) in [5.74, 6) is -0.855. The van der Waals surface area contributed by atoms with Crippen molar-refractivity contribution in [1.29, 1.82) is 0 Å². The van der Waals surface area contributed by atoms with Gasteiger partial charge >= 0.3 is 6.18 Å². The first-order valence-corrected chi connectivity index (χ1v) is 8.28. The summed E-state index contributed by atoms with van der Waals surface area (Å²) in [5.41, 5.74) is 0.623. The first-order chi connectivity index (χ1) is 13.3. The molecule has 7 heteroatoms. The van der Waals surface area contributed by atoms with E-state index in [2.05, 4.69) is 10.6 Å². The molecular weight excluding hydrogens is 369 g/mol. The van der Waals surface area contributed by atoms with Crippen LogP contribution in [0.3, 0.4) is 0 Å². The van der Waals surface area contributed by atoms with Crippen LogP contribution in [-0.2, 0) is 6.18 Å². The van der Waals surface area contributed by atoms with E-state index in [1.807, 2.05) is 0 Å². The molecule has 3 aromatic rings. The van der Waals surface area contributed by atoms with E-state index in [9.17, 15) is 22.8 Å². The van der Waals surface area contributed by atoms with Crippen molar-refractivity contribution < 1.29 is 22.8 Å². The van der Waals surface area contributed by atoms with Gasteiger partial charge in [-0.25, -0.2) is 0 Å². The van der Waals surface area contributed by atoms with Crippen molar-refractivity contribution in [3.05, 3.63) is 95.6 Å². The predicted molar refractivity (Wildman–Crippen MR) is 100 cm³/mol. The summed E-state index contributed by atoms with van der Waals surface area (Å²) in [6.45, 7) is 0. The third-order valence-electron chi connectivity index (χ3n) is 3.89. The lowest BCUT2D eigenvalue weighted by Crippen LogP contribution is -2.14. The molecule has 0 aromatic heterocycles. The van der Waals surface area contributed by atoms with Crippen molar-refractivity contribution in [1.82, 2.24) is 0 Å². The van der Waals surface area contributed by atoms with Crippen molar-refractivity contribution in [2.24, 2.45) is 0 Å². The molecule has 0 atom stereocenters. The number of anilines is 2. The minimum Gasteiger partial charge on any atom is -0.322 e. The van der Waals surface area contributed by atoms with Crippen molar-refractivity contribution in [2.45, 2.75) is 6.18 Å². The molecule has 0 aliphatic heterocycles. The summed E-state index contributed by atoms with van der Waals surface area (Å²) < 4.78 is 37.8. The molecule has 0 unspecified atom stereocenters. The highest BCUT2D eigenvalue weighted by Gasteiger charge is 2.30. The standard InChI is InChI=1S/C21H15F3N2O2/c22-21(23,24)16-11-9-15(10-12-16)20(28)26-18-8-4-7-17(13-18)25-19(27)14-5-2-1-3-6-14/h1-13H,(H,25,27)(H,26,28). The van der Waals surface area contributed by atoms with Gasteiger partial charge in [0.15, 0.2) is 0 Å². The predicted octanol–water partition coefficient (Wildman–Crippen LogP) is 5.21. The summed E-state index contributed by atoms with van der Waals surface area (Å²) in [6.07, 6.45) is -4.46. The van der Waals surface area contributed by atoms with Crippen molar-refractivity contribution in [3.63, 3.8) is 0 Å². The highest BCUT2D eigenvalue weighted by atomic mass is 19.4. The SMILES string of the molecule is O=C(Nc1cccc(NC(=O)c2ccc(C(F)(F)F)cc2)c1)c1ccccc1. The lowest BCUT2D eigenvalue weighted by atomic mass is 10.1. The Balaban J connectivity index is 1.69. The number of carbonyl (C=O) groups excluding carboxylic acids is 2. The number of benzene rings is 3. The Kier molecular flexibility index (Phi) is 5.44. The minimum atomic E-state index is -4.46. The van der Waals surface area contributed by atoms with Crippen LogP contribution >= 0.6 is 0 Å². The van der Waals surface area contributed by atoms with E-state index >= 15 is 0 Å². The largest absolute Gasteiger partial charge is 0.416 e. The third-order valence-corrected chi connectivity index (χ3v) is 3.89. The van der Waals surface area contributed by atoms with Gasteiger partial charge in [-0.3, -0.25) is 9.59 Å². The fourth-order valence-corrected chi connectivity index (χ4v) is 2.48. The van der Waals surface area contributed by atoms with Crippen LogP contribution in [0.1, 0.15) is 26.3 Å². The Bertz CT molecular complexity index is 985. The summed E-state index contributed by atoms with van der Waals surface area (Å²) in [6, 6.07) is 19.0. The van der Waals surface area contributed by atoms with Gasteiger partial charge in [0.2, 0.25) is 0 Å². The minimum absolute atomic E-state index is 0.0896. The fraction of sp³-hybridized carbons (Fsp3) is 0.0476. The highest BCUT2D eigenvalue weighted by molar-refractivity contribution is 6.06. The molecule has 2 amide bonds. The van der Waals surface area contributed by atoms with Crippen LogP contribution in [0.15, 0.2) is 78.9 Å². The molecule has 0 heterocycles. The van der Waals surface area contributed by atoms with E-state index < -0.39 is 17.6 Å². The molecule has 142 valence electrons. The summed E-state index contributed by atoms with van der Waals surface area (Å²) in [4.78, 5) is 24.4. The number of hydrogen-bond acceptors (Lipinski definition) is 2. The van der Waals surface area contributed by atoms with Crippen LogP contribution in [0, 0.1) is 0 Å². The van der Waals surface area contributed by atoms with Gasteiger partial charge in [-0.15, -0.1) is 0 Å². The molecule has 28 heavy (non-hydrogen) atoms. The van der Waals surface area contributed by atoms with E-state index in [0.29, 0.717) is 16.9 Å². The molecule has 0 aliphatic carbocycles. The second-order valence-corrected chi connectivity index (χ2v) is 5.93. The Labute approximate surface area is 159 Å². The third kappa shape index (κ3) is 4.76. The van der Waals surface area contributed by atoms with Gasteiger partial charge in [0.05, 0.1) is 5.56 Å². The number of carbonyl (C=O) groups is 2. The number of amides is 2. The number of halogens is 3. The quantitative estimate of drug-likeness (QED) is 0.649. The van der Waals surface area contributed by atoms with Crippen LogP contribution < -0.4 is 10.6 Å². The van der Waals surface area contributed by atoms with E-state index in [1.165, 1.54) is 0 Å². The molecule has 4 nitrogen and oxygen atoms in total. The average Bonchev–Trinajstić information content (AvgIpc) is 2.68. The van der Waals surface area contributed by atoms with Crippen LogP contribution in [0.5, 0.6) is 0 Å². The van der Waals surface area contributed by atoms with Crippen LogP contribution in [0.4, 0.5) is 24.5 Å². The lowest BCUT2D eigenvalue weighted by Gasteiger charge is -2.10. The Hall–Kier alpha value is -3.61. The van der Waals surface area contributed by atoms with E-state index in [-0.39, 0.29) is 11.5 Å². The maximum Gasteiger partial charge on any atom is 0.416 e. The van der Waals surface area contributed by atoms with Crippen LogP contribution in [0.25, 0.3) is 0 Å². The molecule has 0 saturated carbocycles. The van der Waals surface area contributed by atoms with Crippen LogP contribution in [-0.4, -0.2) is 11.8 Å². The number of rotatable bonds is 4. The summed E-state index contributed by atoms with van der Waals surface area (Å²) >= 11 is 0. The van der Waals surface area contributed by atoms with Gasteiger partial charge in [-0.05, 0) is 54.6 Å². The monoisotopic (exact) mass is 384 g/mol. The number of alkyl halides is 3. The average molecular weight is 384 g/mol. The highest BCUT2D eigenvalue weighted by Crippen LogP contribution is 2.29. The van der Waals surface area contributed by atoms with Gasteiger partial charge in [0.25, 0.3) is 11.8 Å². The van der Waals surface area contributed by atoms with Gasteiger partial charge in [-0.2, -0.15) is 13.2 Å². The van der Waals surface area contributed by atoms with Gasteiger partial charge in [0.1, 0.15) is 0 Å². The zero-order valence-corrected chi connectivity index (χ0v) is 14.5. The first kappa shape index (κ1) is 19.2. The Morgan fingerprint density at radius 1 is 0.643 bits per heavy atom. The van der Waals surface area contributed by atoms with E-state index in [1.54, 1.807) is 54.6 Å². The molecule has 0 aliphatic rings. The molecule has 3 rings (SSSR count). The first-order valence-electron chi connectivity index (χ1n) is 8.28. The zero-order valence-electron chi connectivity index (χ0n) is 14.5. The second-order valence-electron chi connectivity index (χ2n) is 5.93. The molecule has 0 saturated heterocycles. The Morgan fingerprint density at radius 3 is 1.64 bits per heavy atom. The summed E-state index contributed by atoms with van der Waals surface area (Å²) in [7, 11) is 0. The molecule has 0 spiro atoms. The van der Waals surface area contributed by atoms with Gasteiger partial charge in [-0.1, -0.05) is 24.3 Å². The van der Waals surface area contributed by atoms with Gasteiger partial charge in [0, 0.05) is 22.5 Å². The van der Waals surface area contributed by atoms with E-state index in [0.717, 1.165) is 24.3 Å². The second kappa shape index (κ2) is 7.96. The zero-order chi connectivity index (χ0) is 20.1. The van der Waals surface area contributed by atoms with E-state index in [4.69, 9.17) is 0 Å². The molecule has 0 bridgehead atoms. The molecule has 0 radical (unpaired) electrons. The number of nitrogens with one attached hydrogen (secondary N) is 2. The summed E-state index contributed by atoms with van der Waals surface area (Å²) in [5, 5.41) is 5.32.